The zero-order valence-corrected chi connectivity index (χ0v) is 26.7. The summed E-state index contributed by atoms with van der Waals surface area (Å²) in [7, 11) is -2.98. The fourth-order valence-corrected chi connectivity index (χ4v) is 6.25. The van der Waals surface area contributed by atoms with E-state index >= 15 is 0 Å². The molecule has 226 valence electrons. The highest BCUT2D eigenvalue weighted by Gasteiger charge is 2.25. The van der Waals surface area contributed by atoms with Gasteiger partial charge in [-0.05, 0) is 41.9 Å². The molecule has 0 unspecified atom stereocenters. The number of anilines is 2. The van der Waals surface area contributed by atoms with E-state index < -0.39 is 24.0 Å². The zero-order chi connectivity index (χ0) is 30.5. The molecule has 1 aliphatic rings. The third-order valence-corrected chi connectivity index (χ3v) is 10.1. The number of methoxy groups -OCH3 is 1. The lowest BCUT2D eigenvalue weighted by atomic mass is 9.96. The van der Waals surface area contributed by atoms with E-state index in [1.165, 1.54) is 23.9 Å². The van der Waals surface area contributed by atoms with Gasteiger partial charge in [0.2, 0.25) is 21.7 Å². The maximum atomic E-state index is 14.9. The molecule has 0 bridgehead atoms. The molecule has 2 aromatic heterocycles. The third-order valence-electron chi connectivity index (χ3n) is 7.13. The van der Waals surface area contributed by atoms with Crippen molar-refractivity contribution in [1.29, 1.82) is 0 Å². The van der Waals surface area contributed by atoms with E-state index in [1.807, 2.05) is 29.2 Å². The van der Waals surface area contributed by atoms with Crippen LogP contribution in [-0.4, -0.2) is 89.4 Å². The van der Waals surface area contributed by atoms with Crippen LogP contribution >= 0.6 is 0 Å². The lowest BCUT2D eigenvalue weighted by Crippen LogP contribution is -2.48. The number of nitrogens with zero attached hydrogens (tertiary/aromatic N) is 4. The van der Waals surface area contributed by atoms with Gasteiger partial charge in [0.1, 0.15) is 18.3 Å². The highest BCUT2D eigenvalue weighted by Crippen LogP contribution is 2.34. The molecule has 4 rings (SSSR count). The largest absolute Gasteiger partial charge is 0.496 e. The molecular formula is C29H40FN6O4SSi+. The first-order chi connectivity index (χ1) is 19.9. The van der Waals surface area contributed by atoms with Gasteiger partial charge in [-0.3, -0.25) is 5.41 Å². The maximum absolute atomic E-state index is 14.9. The van der Waals surface area contributed by atoms with Crippen molar-refractivity contribution in [3.63, 3.8) is 0 Å². The Balaban J connectivity index is 1.63. The SMILES string of the molecule is COc1ccnc(F)c1-c1ccc(NCOCC[Si](C)(C)C)c(C(=[NH2+])c2ccnc(N3CCN(S(C)(=O)=O)CC3)c2)c1. The minimum atomic E-state index is -3.24. The summed E-state index contributed by atoms with van der Waals surface area (Å²) in [5.41, 5.74) is 3.38. The molecule has 1 saturated heterocycles. The van der Waals surface area contributed by atoms with Crippen LogP contribution in [0.2, 0.25) is 25.7 Å². The molecule has 3 heterocycles. The van der Waals surface area contributed by atoms with Crippen LogP contribution in [0.25, 0.3) is 11.1 Å². The number of rotatable bonds is 12. The number of halogens is 1. The predicted octanol–water partition coefficient (Wildman–Crippen LogP) is 2.69. The Morgan fingerprint density at radius 2 is 1.79 bits per heavy atom. The Kier molecular flexibility index (Phi) is 9.97. The first-order valence-corrected chi connectivity index (χ1v) is 19.4. The normalized spacial score (nSPS) is 14.6. The van der Waals surface area contributed by atoms with Crippen LogP contribution in [0.4, 0.5) is 15.9 Å². The predicted molar refractivity (Wildman–Crippen MR) is 167 cm³/mol. The molecule has 0 spiro atoms. The fourth-order valence-electron chi connectivity index (χ4n) is 4.67. The number of hydrogen-bond acceptors (Lipinski definition) is 8. The third kappa shape index (κ3) is 7.91. The smallest absolute Gasteiger partial charge is 0.224 e. The molecule has 0 radical (unpaired) electrons. The van der Waals surface area contributed by atoms with E-state index in [-0.39, 0.29) is 5.56 Å². The number of piperazine rings is 1. The summed E-state index contributed by atoms with van der Waals surface area (Å²) < 4.78 is 51.5. The zero-order valence-electron chi connectivity index (χ0n) is 24.9. The van der Waals surface area contributed by atoms with Crippen LogP contribution in [0, 0.1) is 5.95 Å². The number of pyridine rings is 2. The van der Waals surface area contributed by atoms with Crippen LogP contribution in [-0.2, 0) is 14.8 Å². The minimum absolute atomic E-state index is 0.242. The number of sulfonamides is 1. The number of hydrogen-bond donors (Lipinski definition) is 2. The topological polar surface area (TPSA) is 122 Å². The molecule has 0 aliphatic carbocycles. The summed E-state index contributed by atoms with van der Waals surface area (Å²) in [4.78, 5) is 10.4. The van der Waals surface area contributed by atoms with Gasteiger partial charge in [0, 0.05) is 58.9 Å². The van der Waals surface area contributed by atoms with Crippen molar-refractivity contribution in [3.05, 3.63) is 65.9 Å². The van der Waals surface area contributed by atoms with Gasteiger partial charge in [0.15, 0.2) is 0 Å². The van der Waals surface area contributed by atoms with Gasteiger partial charge in [0.05, 0.1) is 30.1 Å². The average molecular weight is 616 g/mol. The highest BCUT2D eigenvalue weighted by atomic mass is 32.2. The molecule has 3 aromatic rings. The molecule has 13 heteroatoms. The van der Waals surface area contributed by atoms with Crippen LogP contribution in [0.5, 0.6) is 5.75 Å². The Morgan fingerprint density at radius 3 is 2.45 bits per heavy atom. The number of ether oxygens (including phenoxy) is 2. The van der Waals surface area contributed by atoms with Gasteiger partial charge in [-0.25, -0.2) is 18.4 Å². The molecule has 10 nitrogen and oxygen atoms in total. The lowest BCUT2D eigenvalue weighted by molar-refractivity contribution is -0.111. The number of benzene rings is 1. The second kappa shape index (κ2) is 13.3. The van der Waals surface area contributed by atoms with Crippen molar-refractivity contribution >= 4 is 35.3 Å². The summed E-state index contributed by atoms with van der Waals surface area (Å²) in [5, 5.41) is 10.1. The van der Waals surface area contributed by atoms with Crippen molar-refractivity contribution in [2.75, 3.05) is 63.1 Å². The second-order valence-electron chi connectivity index (χ2n) is 11.4. The second-order valence-corrected chi connectivity index (χ2v) is 19.0. The van der Waals surface area contributed by atoms with Crippen LogP contribution in [0.3, 0.4) is 0 Å². The van der Waals surface area contributed by atoms with Gasteiger partial charge >= 0.3 is 0 Å². The van der Waals surface area contributed by atoms with Gasteiger partial charge < -0.3 is 19.7 Å². The molecule has 3 N–H and O–H groups in total. The monoisotopic (exact) mass is 615 g/mol. The van der Waals surface area contributed by atoms with Crippen molar-refractivity contribution in [2.24, 2.45) is 0 Å². The van der Waals surface area contributed by atoms with E-state index in [1.54, 1.807) is 18.3 Å². The van der Waals surface area contributed by atoms with E-state index in [0.717, 1.165) is 17.3 Å². The molecule has 0 saturated carbocycles. The van der Waals surface area contributed by atoms with Crippen LogP contribution in [0.15, 0.2) is 48.8 Å². The Labute approximate surface area is 248 Å². The quantitative estimate of drug-likeness (QED) is 0.105. The van der Waals surface area contributed by atoms with E-state index in [9.17, 15) is 12.8 Å². The lowest BCUT2D eigenvalue weighted by Gasteiger charge is -2.34. The van der Waals surface area contributed by atoms with Crippen molar-refractivity contribution < 1.29 is 27.7 Å². The summed E-state index contributed by atoms with van der Waals surface area (Å²) in [5.74, 6) is 0.416. The van der Waals surface area contributed by atoms with Gasteiger partial charge in [-0.15, -0.1) is 0 Å². The molecule has 1 aromatic carbocycles. The summed E-state index contributed by atoms with van der Waals surface area (Å²) in [6.07, 6.45) is 4.27. The van der Waals surface area contributed by atoms with Crippen LogP contribution < -0.4 is 20.4 Å². The molecular weight excluding hydrogens is 576 g/mol. The van der Waals surface area contributed by atoms with Gasteiger partial charge in [0.25, 0.3) is 0 Å². The average Bonchev–Trinajstić information content (AvgIpc) is 2.95. The number of nitrogens with one attached hydrogen (secondary N) is 1. The number of aromatic nitrogens is 2. The van der Waals surface area contributed by atoms with E-state index in [4.69, 9.17) is 14.9 Å². The van der Waals surface area contributed by atoms with Gasteiger partial charge in [-0.2, -0.15) is 8.70 Å². The molecule has 42 heavy (non-hydrogen) atoms. The van der Waals surface area contributed by atoms with Crippen molar-refractivity contribution in [2.45, 2.75) is 25.7 Å². The summed E-state index contributed by atoms with van der Waals surface area (Å²) in [6, 6.07) is 11.8. The van der Waals surface area contributed by atoms with E-state index in [0.29, 0.717) is 67.9 Å². The molecule has 0 amide bonds. The highest BCUT2D eigenvalue weighted by molar-refractivity contribution is 7.88. The van der Waals surface area contributed by atoms with E-state index in [2.05, 4.69) is 34.9 Å². The summed E-state index contributed by atoms with van der Waals surface area (Å²) in [6.45, 7) is 9.66. The standard InChI is InChI=1S/C29H39FN6O4SSi/c1-39-25-9-11-33-29(30)27(25)21-6-7-24(34-20-40-16-17-42(3,4)5)23(18-21)28(31)22-8-10-32-26(19-22)35-12-14-36(15-13-35)41(2,37)38/h6-11,18-19,31,34H,12-17,20H2,1-5H3/p+1. The molecule has 0 atom stereocenters. The fraction of sp³-hybridized carbons (Fsp3) is 0.414. The first kappa shape index (κ1) is 31.5. The first-order valence-electron chi connectivity index (χ1n) is 13.8. The Bertz CT molecular complexity index is 1520. The van der Waals surface area contributed by atoms with Gasteiger partial charge in [-0.1, -0.05) is 25.7 Å². The van der Waals surface area contributed by atoms with Crippen molar-refractivity contribution in [3.8, 4) is 16.9 Å². The molecule has 1 aliphatic heterocycles. The Morgan fingerprint density at radius 1 is 1.07 bits per heavy atom. The van der Waals surface area contributed by atoms with Crippen molar-refractivity contribution in [1.82, 2.24) is 14.3 Å². The molecule has 1 fully saturated rings. The maximum Gasteiger partial charge on any atom is 0.224 e. The summed E-state index contributed by atoms with van der Waals surface area (Å²) >= 11 is 0. The van der Waals surface area contributed by atoms with Crippen LogP contribution in [0.1, 0.15) is 11.1 Å². The number of nitrogens with two attached hydrogens (primary N) is 1. The Hall–Kier alpha value is -3.39. The minimum Gasteiger partial charge on any atom is -0.496 e.